The Labute approximate surface area is 95.0 Å². The molecule has 1 heterocycles. The number of hydrogen-bond donors (Lipinski definition) is 0. The van der Waals surface area contributed by atoms with Gasteiger partial charge in [0.1, 0.15) is 0 Å². The molecule has 15 heavy (non-hydrogen) atoms. The lowest BCUT2D eigenvalue weighted by atomic mass is 9.95. The Bertz CT molecular complexity index is 357. The molecule has 0 unspecified atom stereocenters. The number of carbonyl (C=O) groups excluding carboxylic acids is 1. The van der Waals surface area contributed by atoms with Crippen molar-refractivity contribution < 1.29 is 4.79 Å². The normalized spacial score (nSPS) is 15.4. The third kappa shape index (κ3) is 2.46. The van der Waals surface area contributed by atoms with Gasteiger partial charge in [0.25, 0.3) is 0 Å². The Kier molecular flexibility index (Phi) is 3.52. The number of carbonyl (C=O) groups is 1. The van der Waals surface area contributed by atoms with Crippen molar-refractivity contribution >= 4 is 17.5 Å². The molecular formula is C12H17NOS. The van der Waals surface area contributed by atoms with Crippen LogP contribution in [0.25, 0.3) is 0 Å². The van der Waals surface area contributed by atoms with Gasteiger partial charge in [-0.05, 0) is 36.8 Å². The molecule has 0 saturated carbocycles. The van der Waals surface area contributed by atoms with Gasteiger partial charge in [-0.2, -0.15) is 11.8 Å². The van der Waals surface area contributed by atoms with Crippen molar-refractivity contribution in [3.63, 3.8) is 0 Å². The van der Waals surface area contributed by atoms with Crippen molar-refractivity contribution in [3.8, 4) is 0 Å². The van der Waals surface area contributed by atoms with Gasteiger partial charge in [-0.25, -0.2) is 0 Å². The maximum atomic E-state index is 11.6. The van der Waals surface area contributed by atoms with Crippen LogP contribution in [0.5, 0.6) is 0 Å². The zero-order valence-electron chi connectivity index (χ0n) is 9.16. The summed E-state index contributed by atoms with van der Waals surface area (Å²) in [6, 6.07) is 0. The van der Waals surface area contributed by atoms with Crippen LogP contribution < -0.4 is 0 Å². The van der Waals surface area contributed by atoms with Crippen molar-refractivity contribution in [1.29, 1.82) is 0 Å². The van der Waals surface area contributed by atoms with Gasteiger partial charge in [0.05, 0.1) is 0 Å². The van der Waals surface area contributed by atoms with Gasteiger partial charge >= 0.3 is 0 Å². The van der Waals surface area contributed by atoms with Gasteiger partial charge in [0.15, 0.2) is 5.78 Å². The first-order valence-electron chi connectivity index (χ1n) is 5.52. The Morgan fingerprint density at radius 2 is 2.27 bits per heavy atom. The zero-order chi connectivity index (χ0) is 10.7. The molecular weight excluding hydrogens is 206 g/mol. The number of thioether (sulfide) groups is 1. The van der Waals surface area contributed by atoms with Crippen molar-refractivity contribution in [3.05, 3.63) is 23.5 Å². The second kappa shape index (κ2) is 4.88. The molecule has 3 heteroatoms. The number of rotatable bonds is 4. The topological polar surface area (TPSA) is 22.0 Å². The highest BCUT2D eigenvalue weighted by molar-refractivity contribution is 7.98. The third-order valence-corrected chi connectivity index (χ3v) is 3.57. The zero-order valence-corrected chi connectivity index (χ0v) is 9.98. The van der Waals surface area contributed by atoms with Crippen LogP contribution in [0.1, 0.15) is 35.2 Å². The lowest BCUT2D eigenvalue weighted by molar-refractivity contribution is 0.0973. The highest BCUT2D eigenvalue weighted by Gasteiger charge is 2.18. The molecule has 1 aromatic rings. The Balaban J connectivity index is 2.05. The molecule has 0 atom stereocenters. The summed E-state index contributed by atoms with van der Waals surface area (Å²) in [5.41, 5.74) is 2.24. The van der Waals surface area contributed by atoms with Crippen molar-refractivity contribution in [1.82, 2.24) is 4.57 Å². The molecule has 1 aliphatic carbocycles. The van der Waals surface area contributed by atoms with Crippen LogP contribution in [0.15, 0.2) is 12.4 Å². The van der Waals surface area contributed by atoms with E-state index in [1.165, 1.54) is 17.7 Å². The number of fused-ring (bicyclic) bond motifs is 1. The monoisotopic (exact) mass is 223 g/mol. The summed E-state index contributed by atoms with van der Waals surface area (Å²) in [5.74, 6) is 1.52. The van der Waals surface area contributed by atoms with Crippen LogP contribution in [-0.2, 0) is 13.0 Å². The minimum Gasteiger partial charge on any atom is -0.353 e. The van der Waals surface area contributed by atoms with E-state index < -0.39 is 0 Å². The van der Waals surface area contributed by atoms with Crippen LogP contribution in [0.3, 0.4) is 0 Å². The summed E-state index contributed by atoms with van der Waals surface area (Å²) < 4.78 is 2.18. The van der Waals surface area contributed by atoms with Crippen LogP contribution in [-0.4, -0.2) is 22.4 Å². The average molecular weight is 223 g/mol. The molecule has 0 radical (unpaired) electrons. The van der Waals surface area contributed by atoms with Crippen LogP contribution in [0.2, 0.25) is 0 Å². The van der Waals surface area contributed by atoms with Crippen molar-refractivity contribution in [2.24, 2.45) is 0 Å². The van der Waals surface area contributed by atoms with E-state index in [9.17, 15) is 4.79 Å². The van der Waals surface area contributed by atoms with Gasteiger partial charge in [-0.3, -0.25) is 4.79 Å². The fourth-order valence-electron chi connectivity index (χ4n) is 2.10. The van der Waals surface area contributed by atoms with Crippen LogP contribution in [0, 0.1) is 0 Å². The molecule has 0 saturated heterocycles. The van der Waals surface area contributed by atoms with E-state index in [0.717, 1.165) is 31.4 Å². The van der Waals surface area contributed by atoms with Crippen molar-refractivity contribution in [2.45, 2.75) is 32.2 Å². The number of ketones is 1. The minimum absolute atomic E-state index is 0.333. The lowest BCUT2D eigenvalue weighted by Crippen LogP contribution is -2.07. The maximum absolute atomic E-state index is 11.6. The summed E-state index contributed by atoms with van der Waals surface area (Å²) in [7, 11) is 0. The van der Waals surface area contributed by atoms with E-state index in [2.05, 4.69) is 17.0 Å². The summed E-state index contributed by atoms with van der Waals surface area (Å²) in [5, 5.41) is 0. The average Bonchev–Trinajstić information content (AvgIpc) is 2.63. The van der Waals surface area contributed by atoms with Gasteiger partial charge < -0.3 is 4.57 Å². The van der Waals surface area contributed by atoms with E-state index in [1.54, 1.807) is 0 Å². The smallest absolute Gasteiger partial charge is 0.164 e. The molecule has 1 aromatic heterocycles. The largest absolute Gasteiger partial charge is 0.353 e. The van der Waals surface area contributed by atoms with Gasteiger partial charge in [0, 0.05) is 30.9 Å². The van der Waals surface area contributed by atoms with Gasteiger partial charge in [0.2, 0.25) is 0 Å². The predicted molar refractivity (Wildman–Crippen MR) is 64.7 cm³/mol. The first-order valence-corrected chi connectivity index (χ1v) is 6.91. The summed E-state index contributed by atoms with van der Waals surface area (Å²) >= 11 is 1.88. The summed E-state index contributed by atoms with van der Waals surface area (Å²) in [6.07, 6.45) is 10.4. The molecule has 0 aliphatic heterocycles. The molecule has 2 nitrogen and oxygen atoms in total. The summed E-state index contributed by atoms with van der Waals surface area (Å²) in [4.78, 5) is 11.6. The molecule has 0 N–H and O–H groups in total. The van der Waals surface area contributed by atoms with E-state index >= 15 is 0 Å². The van der Waals surface area contributed by atoms with Crippen molar-refractivity contribution in [2.75, 3.05) is 12.0 Å². The highest BCUT2D eigenvalue weighted by Crippen LogP contribution is 2.22. The highest BCUT2D eigenvalue weighted by atomic mass is 32.2. The molecule has 2 rings (SSSR count). The standard InChI is InChI=1S/C12H17NOS/c1-15-7-3-6-13-8-10-4-2-5-12(14)11(10)9-13/h8-9H,2-7H2,1H3. The van der Waals surface area contributed by atoms with E-state index in [0.29, 0.717) is 5.78 Å². The molecule has 0 spiro atoms. The van der Waals surface area contributed by atoms with Gasteiger partial charge in [-0.1, -0.05) is 0 Å². The molecule has 82 valence electrons. The minimum atomic E-state index is 0.333. The second-order valence-corrected chi connectivity index (χ2v) is 5.04. The number of aromatic nitrogens is 1. The Morgan fingerprint density at radius 1 is 1.40 bits per heavy atom. The number of Topliss-reactive ketones (excluding diaryl/α,β-unsaturated/α-hetero) is 1. The second-order valence-electron chi connectivity index (χ2n) is 4.06. The molecule has 0 bridgehead atoms. The van der Waals surface area contributed by atoms with E-state index in [4.69, 9.17) is 0 Å². The fraction of sp³-hybridized carbons (Fsp3) is 0.583. The number of nitrogens with zero attached hydrogens (tertiary/aromatic N) is 1. The summed E-state index contributed by atoms with van der Waals surface area (Å²) in [6.45, 7) is 1.04. The number of hydrogen-bond acceptors (Lipinski definition) is 2. The lowest BCUT2D eigenvalue weighted by Gasteiger charge is -2.07. The Morgan fingerprint density at radius 3 is 3.00 bits per heavy atom. The molecule has 0 amide bonds. The van der Waals surface area contributed by atoms with Crippen LogP contribution in [0.4, 0.5) is 0 Å². The number of aryl methyl sites for hydroxylation is 2. The first-order chi connectivity index (χ1) is 7.31. The van der Waals surface area contributed by atoms with Gasteiger partial charge in [-0.15, -0.1) is 0 Å². The molecule has 0 fully saturated rings. The third-order valence-electron chi connectivity index (χ3n) is 2.88. The van der Waals surface area contributed by atoms with E-state index in [-0.39, 0.29) is 0 Å². The maximum Gasteiger partial charge on any atom is 0.164 e. The van der Waals surface area contributed by atoms with E-state index in [1.807, 2.05) is 18.0 Å². The molecule has 1 aliphatic rings. The Hall–Kier alpha value is -0.700. The fourth-order valence-corrected chi connectivity index (χ4v) is 2.52. The first kappa shape index (κ1) is 10.8. The molecule has 0 aromatic carbocycles. The van der Waals surface area contributed by atoms with Crippen LogP contribution >= 0.6 is 11.8 Å². The predicted octanol–water partition coefficient (Wildman–Crippen LogP) is 2.76. The SMILES string of the molecule is CSCCCn1cc2c(c1)C(=O)CCC2. The quantitative estimate of drug-likeness (QED) is 0.732.